The molecule has 17 nitrogen and oxygen atoms in total. The van der Waals surface area contributed by atoms with Gasteiger partial charge < -0.3 is 33.8 Å². The summed E-state index contributed by atoms with van der Waals surface area (Å²) in [5.74, 6) is -1.39. The largest absolute Gasteiger partial charge is 0.472 e. The first-order chi connectivity index (χ1) is 40.5. The number of carbonyl (C=O) groups excluding carboxylic acids is 4. The van der Waals surface area contributed by atoms with Crippen LogP contribution in [0.2, 0.25) is 0 Å². The molecule has 0 radical (unpaired) electrons. The van der Waals surface area contributed by atoms with E-state index in [0.717, 1.165) is 95.8 Å². The van der Waals surface area contributed by atoms with Gasteiger partial charge in [0.25, 0.3) is 0 Å². The van der Waals surface area contributed by atoms with E-state index in [9.17, 15) is 43.2 Å². The third-order valence-corrected chi connectivity index (χ3v) is 16.9. The number of esters is 4. The Morgan fingerprint density at radius 1 is 0.321 bits per heavy atom. The lowest BCUT2D eigenvalue weighted by Gasteiger charge is -2.21. The Hall–Kier alpha value is -1.94. The first-order valence-electron chi connectivity index (χ1n) is 34.1. The van der Waals surface area contributed by atoms with Crippen LogP contribution in [0.15, 0.2) is 0 Å². The molecule has 0 bridgehead atoms. The number of aliphatic hydroxyl groups excluding tert-OH is 1. The smallest absolute Gasteiger partial charge is 0.462 e. The summed E-state index contributed by atoms with van der Waals surface area (Å²) in [6, 6.07) is 0. The Bertz CT molecular complexity index is 1640. The summed E-state index contributed by atoms with van der Waals surface area (Å²) in [6.45, 7) is 7.17. The minimum absolute atomic E-state index is 0.106. The first-order valence-corrected chi connectivity index (χ1v) is 37.1. The number of aliphatic hydroxyl groups is 1. The maximum atomic E-state index is 13.0. The number of rotatable bonds is 65. The van der Waals surface area contributed by atoms with Crippen molar-refractivity contribution in [1.82, 2.24) is 0 Å². The van der Waals surface area contributed by atoms with Gasteiger partial charge in [0.15, 0.2) is 12.2 Å². The van der Waals surface area contributed by atoms with Gasteiger partial charge in [-0.1, -0.05) is 279 Å². The standard InChI is InChI=1S/C65H126O17P2/c1-6-9-12-15-18-21-24-29-34-39-44-49-63(68)76-55-61(82-65(70)51-46-41-36-31-26-27-32-37-42-47-58(4)5)57-80-84(73,74)78-53-59(66)52-77-83(71,72)79-56-60(54-75-62(67)48-43-38-33-28-23-20-17-14-11-8-3)81-64(69)50-45-40-35-30-25-22-19-16-13-10-7-2/h58-61,66H,6-57H2,1-5H3,(H,71,72)(H,73,74)/t59-,60+,61+/m0/s1. The molecule has 5 atom stereocenters. The quantitative estimate of drug-likeness (QED) is 0.0222. The zero-order chi connectivity index (χ0) is 62.0. The Balaban J connectivity index is 5.24. The molecule has 0 aliphatic heterocycles. The van der Waals surface area contributed by atoms with Crippen LogP contribution in [0.5, 0.6) is 0 Å². The molecule has 0 saturated carbocycles. The highest BCUT2D eigenvalue weighted by Gasteiger charge is 2.30. The van der Waals surface area contributed by atoms with Crippen molar-refractivity contribution in [1.29, 1.82) is 0 Å². The molecule has 0 saturated heterocycles. The van der Waals surface area contributed by atoms with E-state index in [1.807, 2.05) is 0 Å². The third kappa shape index (κ3) is 59.0. The number of hydrogen-bond acceptors (Lipinski definition) is 15. The molecule has 2 unspecified atom stereocenters. The Morgan fingerprint density at radius 2 is 0.548 bits per heavy atom. The molecule has 0 aliphatic carbocycles. The normalized spacial score (nSPS) is 14.2. The maximum Gasteiger partial charge on any atom is 0.472 e. The summed E-state index contributed by atoms with van der Waals surface area (Å²) in [5, 5.41) is 10.5. The van der Waals surface area contributed by atoms with E-state index in [4.69, 9.17) is 37.0 Å². The van der Waals surface area contributed by atoms with Crippen molar-refractivity contribution < 1.29 is 80.2 Å². The molecular weight excluding hydrogens is 1110 g/mol. The molecule has 0 heterocycles. The number of carbonyl (C=O) groups is 4. The monoisotopic (exact) mass is 1240 g/mol. The minimum Gasteiger partial charge on any atom is -0.462 e. The van der Waals surface area contributed by atoms with Crippen LogP contribution >= 0.6 is 15.6 Å². The van der Waals surface area contributed by atoms with Crippen LogP contribution in [-0.2, 0) is 65.4 Å². The lowest BCUT2D eigenvalue weighted by molar-refractivity contribution is -0.161. The van der Waals surface area contributed by atoms with Crippen LogP contribution < -0.4 is 0 Å². The molecule has 0 rings (SSSR count). The first kappa shape index (κ1) is 82.1. The average Bonchev–Trinajstić information content (AvgIpc) is 3.60. The van der Waals surface area contributed by atoms with Gasteiger partial charge in [0.05, 0.1) is 26.4 Å². The van der Waals surface area contributed by atoms with Crippen molar-refractivity contribution in [3.05, 3.63) is 0 Å². The van der Waals surface area contributed by atoms with Gasteiger partial charge in [-0.05, 0) is 31.6 Å². The summed E-state index contributed by atoms with van der Waals surface area (Å²) >= 11 is 0. The van der Waals surface area contributed by atoms with Crippen LogP contribution in [0.4, 0.5) is 0 Å². The predicted molar refractivity (Wildman–Crippen MR) is 335 cm³/mol. The fourth-order valence-corrected chi connectivity index (χ4v) is 11.3. The Morgan fingerprint density at radius 3 is 0.810 bits per heavy atom. The molecule has 0 aliphatic rings. The minimum atomic E-state index is -4.94. The highest BCUT2D eigenvalue weighted by molar-refractivity contribution is 7.47. The van der Waals surface area contributed by atoms with Gasteiger partial charge in [-0.3, -0.25) is 37.3 Å². The molecule has 84 heavy (non-hydrogen) atoms. The molecule has 0 aromatic rings. The molecule has 0 aromatic heterocycles. The predicted octanol–water partition coefficient (Wildman–Crippen LogP) is 18.2. The van der Waals surface area contributed by atoms with Crippen LogP contribution in [-0.4, -0.2) is 96.7 Å². The average molecular weight is 1240 g/mol. The second kappa shape index (κ2) is 58.7. The number of ether oxygens (including phenoxy) is 4. The summed E-state index contributed by atoms with van der Waals surface area (Å²) in [4.78, 5) is 72.2. The molecule has 0 amide bonds. The molecule has 3 N–H and O–H groups in total. The highest BCUT2D eigenvalue weighted by Crippen LogP contribution is 2.45. The Labute approximate surface area is 511 Å². The summed E-state index contributed by atoms with van der Waals surface area (Å²) in [5.41, 5.74) is 0. The van der Waals surface area contributed by atoms with Crippen molar-refractivity contribution in [3.8, 4) is 0 Å². The van der Waals surface area contributed by atoms with E-state index in [-0.39, 0.29) is 25.7 Å². The molecule has 19 heteroatoms. The van der Waals surface area contributed by atoms with Crippen molar-refractivity contribution in [2.75, 3.05) is 39.6 Å². The van der Waals surface area contributed by atoms with E-state index >= 15 is 0 Å². The van der Waals surface area contributed by atoms with Crippen LogP contribution in [0.1, 0.15) is 330 Å². The molecule has 0 fully saturated rings. The number of phosphoric acid groups is 2. The van der Waals surface area contributed by atoms with E-state index in [0.29, 0.717) is 25.7 Å². The fraction of sp³-hybridized carbons (Fsp3) is 0.938. The van der Waals surface area contributed by atoms with Crippen LogP contribution in [0, 0.1) is 5.92 Å². The second-order valence-corrected chi connectivity index (χ2v) is 26.9. The van der Waals surface area contributed by atoms with E-state index in [1.165, 1.54) is 154 Å². The zero-order valence-electron chi connectivity index (χ0n) is 54.0. The second-order valence-electron chi connectivity index (χ2n) is 24.0. The highest BCUT2D eigenvalue weighted by atomic mass is 31.2. The van der Waals surface area contributed by atoms with E-state index in [2.05, 4.69) is 34.6 Å². The topological polar surface area (TPSA) is 237 Å². The zero-order valence-corrected chi connectivity index (χ0v) is 55.8. The van der Waals surface area contributed by atoms with Crippen molar-refractivity contribution in [2.45, 2.75) is 348 Å². The lowest BCUT2D eigenvalue weighted by atomic mass is 10.0. The van der Waals surface area contributed by atoms with Crippen molar-refractivity contribution in [2.24, 2.45) is 5.92 Å². The van der Waals surface area contributed by atoms with Gasteiger partial charge in [-0.25, -0.2) is 9.13 Å². The summed E-state index contributed by atoms with van der Waals surface area (Å²) in [6.07, 6.45) is 42.9. The van der Waals surface area contributed by atoms with Gasteiger partial charge in [0.2, 0.25) is 0 Å². The number of unbranched alkanes of at least 4 members (excludes halogenated alkanes) is 37. The van der Waals surface area contributed by atoms with Gasteiger partial charge in [-0.15, -0.1) is 0 Å². The molecule has 0 spiro atoms. The van der Waals surface area contributed by atoms with Crippen LogP contribution in [0.25, 0.3) is 0 Å². The number of phosphoric ester groups is 2. The number of hydrogen-bond donors (Lipinski definition) is 3. The van der Waals surface area contributed by atoms with Crippen molar-refractivity contribution in [3.63, 3.8) is 0 Å². The van der Waals surface area contributed by atoms with Crippen molar-refractivity contribution >= 4 is 39.5 Å². The van der Waals surface area contributed by atoms with E-state index in [1.54, 1.807) is 0 Å². The summed E-state index contributed by atoms with van der Waals surface area (Å²) < 4.78 is 68.0. The van der Waals surface area contributed by atoms with Gasteiger partial charge in [0, 0.05) is 25.7 Å². The van der Waals surface area contributed by atoms with Gasteiger partial charge in [-0.2, -0.15) is 0 Å². The van der Waals surface area contributed by atoms with Crippen LogP contribution in [0.3, 0.4) is 0 Å². The molecule has 0 aromatic carbocycles. The van der Waals surface area contributed by atoms with Gasteiger partial charge >= 0.3 is 39.5 Å². The fourth-order valence-electron chi connectivity index (χ4n) is 9.76. The van der Waals surface area contributed by atoms with Gasteiger partial charge in [0.1, 0.15) is 19.3 Å². The lowest BCUT2D eigenvalue weighted by Crippen LogP contribution is -2.30. The Kier molecular flexibility index (Phi) is 57.4. The summed E-state index contributed by atoms with van der Waals surface area (Å²) in [7, 11) is -9.89. The third-order valence-electron chi connectivity index (χ3n) is 15.0. The maximum absolute atomic E-state index is 13.0. The molecular formula is C65H126O17P2. The molecule has 498 valence electrons. The SMILES string of the molecule is CCCCCCCCCCCCCC(=O)OC[C@H](COP(=O)(O)OC[C@@H](O)COP(=O)(O)OC[C@@H](COC(=O)CCCCCCCCCCCC)OC(=O)CCCCCCCCCCCCC)OC(=O)CCCCCCCCCCCC(C)C. The van der Waals surface area contributed by atoms with E-state index < -0.39 is 97.5 Å².